The maximum absolute atomic E-state index is 9.59. The number of rotatable bonds is 7. The molecule has 0 aliphatic heterocycles. The molecule has 0 aliphatic rings. The number of benzene rings is 1. The predicted molar refractivity (Wildman–Crippen MR) is 71.0 cm³/mol. The number of hydrogen-bond donors (Lipinski definition) is 2. The van der Waals surface area contributed by atoms with Gasteiger partial charge in [-0.25, -0.2) is 0 Å². The summed E-state index contributed by atoms with van der Waals surface area (Å²) in [6, 6.07) is 4.96. The van der Waals surface area contributed by atoms with Crippen LogP contribution >= 0.6 is 23.2 Å². The summed E-state index contributed by atoms with van der Waals surface area (Å²) in [6.45, 7) is 4.83. The first-order chi connectivity index (χ1) is 8.13. The normalized spacial score (nSPS) is 12.2. The third kappa shape index (κ3) is 5.41. The smallest absolute Gasteiger partial charge is 0.138 e. The number of aliphatic hydroxyl groups excluding tert-OH is 1. The second kappa shape index (κ2) is 7.56. The van der Waals surface area contributed by atoms with Crippen LogP contribution in [0.25, 0.3) is 0 Å². The summed E-state index contributed by atoms with van der Waals surface area (Å²) in [5, 5.41) is 13.6. The van der Waals surface area contributed by atoms with E-state index in [1.165, 1.54) is 0 Å². The average Bonchev–Trinajstić information content (AvgIpc) is 2.28. The lowest BCUT2D eigenvalue weighted by molar-refractivity contribution is 0.107. The van der Waals surface area contributed by atoms with E-state index in [2.05, 4.69) is 11.9 Å². The summed E-state index contributed by atoms with van der Waals surface area (Å²) < 4.78 is 5.38. The lowest BCUT2D eigenvalue weighted by Gasteiger charge is -2.13. The molecule has 5 heteroatoms. The minimum atomic E-state index is -0.596. The molecule has 0 aliphatic carbocycles. The zero-order valence-corrected chi connectivity index (χ0v) is 10.8. The Labute approximate surface area is 111 Å². The van der Waals surface area contributed by atoms with Gasteiger partial charge in [0.15, 0.2) is 0 Å². The van der Waals surface area contributed by atoms with Crippen LogP contribution in [0.3, 0.4) is 0 Å². The summed E-state index contributed by atoms with van der Waals surface area (Å²) in [4.78, 5) is 0. The largest absolute Gasteiger partial charge is 0.489 e. The van der Waals surface area contributed by atoms with E-state index in [1.54, 1.807) is 24.3 Å². The molecule has 1 atom stereocenters. The van der Waals surface area contributed by atoms with Crippen molar-refractivity contribution in [2.24, 2.45) is 0 Å². The van der Waals surface area contributed by atoms with Crippen molar-refractivity contribution in [3.05, 3.63) is 40.9 Å². The molecule has 1 aromatic carbocycles. The SMILES string of the molecule is C=CCNCC(O)COc1ccc(Cl)cc1Cl. The zero-order chi connectivity index (χ0) is 12.7. The maximum atomic E-state index is 9.59. The predicted octanol–water partition coefficient (Wildman–Crippen LogP) is 2.51. The van der Waals surface area contributed by atoms with E-state index in [0.29, 0.717) is 28.9 Å². The standard InChI is InChI=1S/C12H15Cl2NO2/c1-2-5-15-7-10(16)8-17-12-4-3-9(13)6-11(12)14/h2-4,6,10,15-16H,1,5,7-8H2. The highest BCUT2D eigenvalue weighted by Gasteiger charge is 2.07. The number of hydrogen-bond acceptors (Lipinski definition) is 3. The minimum Gasteiger partial charge on any atom is -0.489 e. The van der Waals surface area contributed by atoms with E-state index < -0.39 is 6.10 Å². The zero-order valence-electron chi connectivity index (χ0n) is 9.33. The van der Waals surface area contributed by atoms with Gasteiger partial charge in [0.1, 0.15) is 18.5 Å². The maximum Gasteiger partial charge on any atom is 0.138 e. The molecule has 94 valence electrons. The highest BCUT2D eigenvalue weighted by Crippen LogP contribution is 2.27. The van der Waals surface area contributed by atoms with E-state index in [4.69, 9.17) is 27.9 Å². The van der Waals surface area contributed by atoms with E-state index in [-0.39, 0.29) is 6.61 Å². The number of ether oxygens (including phenoxy) is 1. The Morgan fingerprint density at radius 1 is 1.47 bits per heavy atom. The van der Waals surface area contributed by atoms with Crippen LogP contribution in [-0.4, -0.2) is 30.9 Å². The van der Waals surface area contributed by atoms with Gasteiger partial charge in [0.05, 0.1) is 5.02 Å². The van der Waals surface area contributed by atoms with Crippen molar-refractivity contribution in [1.82, 2.24) is 5.32 Å². The Morgan fingerprint density at radius 3 is 2.88 bits per heavy atom. The molecule has 1 rings (SSSR count). The summed E-state index contributed by atoms with van der Waals surface area (Å²) >= 11 is 11.7. The minimum absolute atomic E-state index is 0.172. The monoisotopic (exact) mass is 275 g/mol. The van der Waals surface area contributed by atoms with Crippen LogP contribution in [0.1, 0.15) is 0 Å². The Kier molecular flexibility index (Phi) is 6.37. The molecule has 0 heterocycles. The number of nitrogens with one attached hydrogen (secondary N) is 1. The Hall–Kier alpha value is -0.740. The van der Waals surface area contributed by atoms with E-state index in [0.717, 1.165) is 0 Å². The van der Waals surface area contributed by atoms with Crippen molar-refractivity contribution < 1.29 is 9.84 Å². The summed E-state index contributed by atoms with van der Waals surface area (Å²) in [6.07, 6.45) is 1.13. The highest BCUT2D eigenvalue weighted by molar-refractivity contribution is 6.35. The van der Waals surface area contributed by atoms with Crippen molar-refractivity contribution in [3.63, 3.8) is 0 Å². The van der Waals surface area contributed by atoms with E-state index >= 15 is 0 Å². The first-order valence-corrected chi connectivity index (χ1v) is 5.96. The molecule has 0 bridgehead atoms. The summed E-state index contributed by atoms with van der Waals surface area (Å²) in [5.41, 5.74) is 0. The molecular weight excluding hydrogens is 261 g/mol. The second-order valence-corrected chi connectivity index (χ2v) is 4.33. The number of aliphatic hydroxyl groups is 1. The van der Waals surface area contributed by atoms with Crippen LogP contribution in [-0.2, 0) is 0 Å². The molecule has 0 spiro atoms. The Morgan fingerprint density at radius 2 is 2.24 bits per heavy atom. The first kappa shape index (κ1) is 14.3. The van der Waals surface area contributed by atoms with Gasteiger partial charge in [-0.15, -0.1) is 6.58 Å². The van der Waals surface area contributed by atoms with Crippen LogP contribution in [0.5, 0.6) is 5.75 Å². The van der Waals surface area contributed by atoms with Gasteiger partial charge in [-0.3, -0.25) is 0 Å². The van der Waals surface area contributed by atoms with E-state index in [9.17, 15) is 5.11 Å². The van der Waals surface area contributed by atoms with Gasteiger partial charge in [-0.1, -0.05) is 29.3 Å². The van der Waals surface area contributed by atoms with E-state index in [1.807, 2.05) is 0 Å². The van der Waals surface area contributed by atoms with Gasteiger partial charge in [0, 0.05) is 18.1 Å². The fraction of sp³-hybridized carbons (Fsp3) is 0.333. The fourth-order valence-corrected chi connectivity index (χ4v) is 1.65. The van der Waals surface area contributed by atoms with Crippen LogP contribution < -0.4 is 10.1 Å². The summed E-state index contributed by atoms with van der Waals surface area (Å²) in [5.74, 6) is 0.513. The van der Waals surface area contributed by atoms with Crippen LogP contribution in [0.2, 0.25) is 10.0 Å². The number of halogens is 2. The Balaban J connectivity index is 2.36. The van der Waals surface area contributed by atoms with Crippen molar-refractivity contribution in [1.29, 1.82) is 0 Å². The first-order valence-electron chi connectivity index (χ1n) is 5.21. The molecule has 0 radical (unpaired) electrons. The molecule has 0 aromatic heterocycles. The molecule has 0 amide bonds. The quantitative estimate of drug-likeness (QED) is 0.594. The van der Waals surface area contributed by atoms with Crippen molar-refractivity contribution in [3.8, 4) is 5.75 Å². The fourth-order valence-electron chi connectivity index (χ4n) is 1.19. The second-order valence-electron chi connectivity index (χ2n) is 3.49. The van der Waals surface area contributed by atoms with Gasteiger partial charge in [0.2, 0.25) is 0 Å². The molecular formula is C12H15Cl2NO2. The molecule has 0 saturated carbocycles. The van der Waals surface area contributed by atoms with Gasteiger partial charge in [0.25, 0.3) is 0 Å². The molecule has 1 unspecified atom stereocenters. The molecule has 2 N–H and O–H groups in total. The lowest BCUT2D eigenvalue weighted by atomic mass is 10.3. The van der Waals surface area contributed by atoms with Gasteiger partial charge >= 0.3 is 0 Å². The molecule has 1 aromatic rings. The van der Waals surface area contributed by atoms with Gasteiger partial charge in [-0.05, 0) is 18.2 Å². The van der Waals surface area contributed by atoms with Crippen LogP contribution in [0.15, 0.2) is 30.9 Å². The van der Waals surface area contributed by atoms with Crippen molar-refractivity contribution in [2.75, 3.05) is 19.7 Å². The highest BCUT2D eigenvalue weighted by atomic mass is 35.5. The van der Waals surface area contributed by atoms with Gasteiger partial charge < -0.3 is 15.2 Å². The molecule has 0 saturated heterocycles. The van der Waals surface area contributed by atoms with Crippen LogP contribution in [0, 0.1) is 0 Å². The summed E-state index contributed by atoms with van der Waals surface area (Å²) in [7, 11) is 0. The molecule has 0 fully saturated rings. The van der Waals surface area contributed by atoms with Gasteiger partial charge in [-0.2, -0.15) is 0 Å². The van der Waals surface area contributed by atoms with Crippen LogP contribution in [0.4, 0.5) is 0 Å². The van der Waals surface area contributed by atoms with Crippen molar-refractivity contribution >= 4 is 23.2 Å². The third-order valence-electron chi connectivity index (χ3n) is 1.99. The van der Waals surface area contributed by atoms with Crippen molar-refractivity contribution in [2.45, 2.75) is 6.10 Å². The Bertz CT molecular complexity index is 372. The topological polar surface area (TPSA) is 41.5 Å². The molecule has 17 heavy (non-hydrogen) atoms. The lowest BCUT2D eigenvalue weighted by Crippen LogP contribution is -2.31. The average molecular weight is 276 g/mol. The third-order valence-corrected chi connectivity index (χ3v) is 2.52. The molecule has 3 nitrogen and oxygen atoms in total.